The topological polar surface area (TPSA) is 79.5 Å². The Hall–Kier alpha value is -2.07. The van der Waals surface area contributed by atoms with Gasteiger partial charge in [-0.05, 0) is 41.1 Å². The van der Waals surface area contributed by atoms with Gasteiger partial charge >= 0.3 is 0 Å². The van der Waals surface area contributed by atoms with Crippen LogP contribution in [0.25, 0.3) is 0 Å². The van der Waals surface area contributed by atoms with Crippen molar-refractivity contribution in [1.29, 1.82) is 0 Å². The second-order valence-corrected chi connectivity index (χ2v) is 7.71. The quantitative estimate of drug-likeness (QED) is 0.684. The Bertz CT molecular complexity index is 900. The summed E-state index contributed by atoms with van der Waals surface area (Å²) in [7, 11) is -4.54. The number of aliphatic hydroxyl groups is 1. The van der Waals surface area contributed by atoms with E-state index >= 15 is 0 Å². The highest BCUT2D eigenvalue weighted by Gasteiger charge is 2.37. The van der Waals surface area contributed by atoms with Crippen LogP contribution >= 0.6 is 11.3 Å². The van der Waals surface area contributed by atoms with E-state index < -0.39 is 38.7 Å². The zero-order chi connectivity index (χ0) is 18.1. The summed E-state index contributed by atoms with van der Waals surface area (Å²) in [5, 5.41) is 14.3. The first-order chi connectivity index (χ1) is 11.8. The average molecular weight is 385 g/mol. The molecule has 0 saturated carbocycles. The van der Waals surface area contributed by atoms with Gasteiger partial charge in [0.25, 0.3) is 0 Å². The number of benzene rings is 1. The SMILES string of the molecule is O=S(=O)(NC[C@@](O)(c1ccsc1)c1ccco1)c1c(F)cccc1F. The third-order valence-electron chi connectivity index (χ3n) is 3.63. The van der Waals surface area contributed by atoms with Crippen molar-refractivity contribution in [2.24, 2.45) is 0 Å². The molecule has 1 aromatic carbocycles. The van der Waals surface area contributed by atoms with Crippen molar-refractivity contribution in [2.45, 2.75) is 10.5 Å². The first-order valence-electron chi connectivity index (χ1n) is 7.07. The van der Waals surface area contributed by atoms with Gasteiger partial charge in [0.2, 0.25) is 10.0 Å². The lowest BCUT2D eigenvalue weighted by atomic mass is 9.94. The molecule has 0 radical (unpaired) electrons. The minimum atomic E-state index is -4.54. The van der Waals surface area contributed by atoms with Gasteiger partial charge in [0.15, 0.2) is 10.5 Å². The molecule has 0 aliphatic heterocycles. The molecule has 0 aliphatic rings. The van der Waals surface area contributed by atoms with E-state index in [0.29, 0.717) is 5.56 Å². The molecule has 9 heteroatoms. The fourth-order valence-electron chi connectivity index (χ4n) is 2.36. The Labute approximate surface area is 146 Å². The van der Waals surface area contributed by atoms with Crippen LogP contribution in [0.4, 0.5) is 8.78 Å². The molecule has 0 spiro atoms. The van der Waals surface area contributed by atoms with Crippen molar-refractivity contribution >= 4 is 21.4 Å². The fourth-order valence-corrected chi connectivity index (χ4v) is 4.27. The molecule has 2 heterocycles. The van der Waals surface area contributed by atoms with Crippen molar-refractivity contribution < 1.29 is 26.7 Å². The summed E-state index contributed by atoms with van der Waals surface area (Å²) in [4.78, 5) is -1.10. The van der Waals surface area contributed by atoms with E-state index in [2.05, 4.69) is 4.72 Å². The van der Waals surface area contributed by atoms with Crippen molar-refractivity contribution in [3.05, 3.63) is 76.4 Å². The molecular formula is C16H13F2NO4S2. The van der Waals surface area contributed by atoms with Gasteiger partial charge in [-0.2, -0.15) is 11.3 Å². The second kappa shape index (κ2) is 6.68. The molecule has 3 aromatic rings. The van der Waals surface area contributed by atoms with Crippen molar-refractivity contribution in [3.8, 4) is 0 Å². The zero-order valence-electron chi connectivity index (χ0n) is 12.6. The minimum absolute atomic E-state index is 0.0996. The maximum Gasteiger partial charge on any atom is 0.246 e. The Balaban J connectivity index is 1.95. The van der Waals surface area contributed by atoms with Crippen LogP contribution in [0, 0.1) is 11.6 Å². The number of halogens is 2. The normalized spacial score (nSPS) is 14.4. The van der Waals surface area contributed by atoms with E-state index in [1.54, 1.807) is 16.8 Å². The van der Waals surface area contributed by atoms with E-state index in [0.717, 1.165) is 18.2 Å². The van der Waals surface area contributed by atoms with Crippen molar-refractivity contribution in [2.75, 3.05) is 6.54 Å². The molecule has 5 nitrogen and oxygen atoms in total. The second-order valence-electron chi connectivity index (χ2n) is 5.22. The van der Waals surface area contributed by atoms with Crippen LogP contribution in [-0.2, 0) is 15.6 Å². The van der Waals surface area contributed by atoms with E-state index in [1.165, 1.54) is 29.7 Å². The van der Waals surface area contributed by atoms with Gasteiger partial charge in [-0.1, -0.05) is 6.07 Å². The monoisotopic (exact) mass is 385 g/mol. The first kappa shape index (κ1) is 17.7. The lowest BCUT2D eigenvalue weighted by Crippen LogP contribution is -2.41. The third-order valence-corrected chi connectivity index (χ3v) is 5.77. The highest BCUT2D eigenvalue weighted by atomic mass is 32.2. The summed E-state index contributed by atoms with van der Waals surface area (Å²) >= 11 is 1.30. The van der Waals surface area contributed by atoms with Gasteiger partial charge < -0.3 is 9.52 Å². The van der Waals surface area contributed by atoms with Crippen LogP contribution in [-0.4, -0.2) is 20.1 Å². The molecule has 0 unspecified atom stereocenters. The predicted molar refractivity (Wildman–Crippen MR) is 87.6 cm³/mol. The van der Waals surface area contributed by atoms with Crippen molar-refractivity contribution in [1.82, 2.24) is 4.72 Å². The number of hydrogen-bond donors (Lipinski definition) is 2. The number of furan rings is 1. The number of nitrogens with one attached hydrogen (secondary N) is 1. The molecule has 0 saturated heterocycles. The van der Waals surface area contributed by atoms with Crippen molar-refractivity contribution in [3.63, 3.8) is 0 Å². The Morgan fingerprint density at radius 2 is 1.88 bits per heavy atom. The highest BCUT2D eigenvalue weighted by Crippen LogP contribution is 2.31. The summed E-state index contributed by atoms with van der Waals surface area (Å²) in [5.41, 5.74) is -1.43. The van der Waals surface area contributed by atoms with Gasteiger partial charge in [-0.15, -0.1) is 0 Å². The predicted octanol–water partition coefficient (Wildman–Crippen LogP) is 2.83. The lowest BCUT2D eigenvalue weighted by Gasteiger charge is -2.25. The van der Waals surface area contributed by atoms with Crippen LogP contribution in [0.1, 0.15) is 11.3 Å². The number of thiophene rings is 1. The van der Waals surface area contributed by atoms with Gasteiger partial charge in [0.05, 0.1) is 12.8 Å². The number of rotatable bonds is 6. The molecule has 0 fully saturated rings. The maximum atomic E-state index is 13.8. The smallest absolute Gasteiger partial charge is 0.246 e. The van der Waals surface area contributed by atoms with Gasteiger partial charge in [0.1, 0.15) is 17.4 Å². The van der Waals surface area contributed by atoms with E-state index in [-0.39, 0.29) is 5.76 Å². The zero-order valence-corrected chi connectivity index (χ0v) is 14.3. The Kier molecular flexibility index (Phi) is 4.74. The molecule has 25 heavy (non-hydrogen) atoms. The Morgan fingerprint density at radius 1 is 1.16 bits per heavy atom. The summed E-state index contributed by atoms with van der Waals surface area (Å²) in [6.45, 7) is -0.562. The van der Waals surface area contributed by atoms with Gasteiger partial charge in [-0.25, -0.2) is 21.9 Å². The van der Waals surface area contributed by atoms with E-state index in [9.17, 15) is 22.3 Å². The molecule has 0 bridgehead atoms. The van der Waals surface area contributed by atoms with Crippen LogP contribution in [0.2, 0.25) is 0 Å². The number of hydrogen-bond acceptors (Lipinski definition) is 5. The summed E-state index contributed by atoms with van der Waals surface area (Å²) in [6, 6.07) is 7.37. The maximum absolute atomic E-state index is 13.8. The fraction of sp³-hybridized carbons (Fsp3) is 0.125. The molecule has 132 valence electrons. The molecule has 0 aliphatic carbocycles. The molecule has 2 aromatic heterocycles. The largest absolute Gasteiger partial charge is 0.466 e. The third kappa shape index (κ3) is 3.36. The summed E-state index contributed by atoms with van der Waals surface area (Å²) < 4.78 is 59.5. The number of sulfonamides is 1. The minimum Gasteiger partial charge on any atom is -0.466 e. The molecule has 3 rings (SSSR count). The van der Waals surface area contributed by atoms with Crippen LogP contribution in [0.5, 0.6) is 0 Å². The lowest BCUT2D eigenvalue weighted by molar-refractivity contribution is 0.0623. The highest BCUT2D eigenvalue weighted by molar-refractivity contribution is 7.89. The molecule has 2 N–H and O–H groups in total. The molecule has 0 amide bonds. The Morgan fingerprint density at radius 3 is 2.44 bits per heavy atom. The summed E-state index contributed by atoms with van der Waals surface area (Å²) in [5.74, 6) is -2.34. The first-order valence-corrected chi connectivity index (χ1v) is 9.50. The van der Waals surface area contributed by atoms with Gasteiger partial charge in [0, 0.05) is 5.56 Å². The van der Waals surface area contributed by atoms with Gasteiger partial charge in [-0.3, -0.25) is 0 Å². The standard InChI is InChI=1S/C16H13F2NO4S2/c17-12-3-1-4-13(18)15(12)25(21,22)19-10-16(20,11-6-8-24-9-11)14-5-2-7-23-14/h1-9,19-20H,10H2/t16-/m1/s1. The van der Waals surface area contributed by atoms with Crippen LogP contribution < -0.4 is 4.72 Å². The van der Waals surface area contributed by atoms with Crippen LogP contribution in [0.15, 0.2) is 62.7 Å². The summed E-state index contributed by atoms with van der Waals surface area (Å²) in [6.07, 6.45) is 1.33. The van der Waals surface area contributed by atoms with E-state index in [4.69, 9.17) is 4.42 Å². The van der Waals surface area contributed by atoms with E-state index in [1.807, 2.05) is 0 Å². The molecular weight excluding hydrogens is 372 g/mol. The average Bonchev–Trinajstić information content (AvgIpc) is 3.26. The van der Waals surface area contributed by atoms with Crippen LogP contribution in [0.3, 0.4) is 0 Å². The molecule has 1 atom stereocenters.